The van der Waals surface area contributed by atoms with E-state index in [4.69, 9.17) is 0 Å². The van der Waals surface area contributed by atoms with Crippen molar-refractivity contribution >= 4 is 17.5 Å². The average molecular weight is 441 g/mol. The minimum absolute atomic E-state index is 0.0905. The Hall–Kier alpha value is -4.79. The fourth-order valence-corrected chi connectivity index (χ4v) is 3.38. The Morgan fingerprint density at radius 1 is 0.848 bits per heavy atom. The van der Waals surface area contributed by atoms with Crippen molar-refractivity contribution in [1.29, 1.82) is 0 Å². The van der Waals surface area contributed by atoms with Crippen LogP contribution in [0, 0.1) is 17.0 Å². The topological polar surface area (TPSA) is 119 Å². The van der Waals surface area contributed by atoms with E-state index >= 15 is 0 Å². The van der Waals surface area contributed by atoms with Crippen LogP contribution in [0.2, 0.25) is 0 Å². The number of hydrogen-bond acceptors (Lipinski definition) is 5. The first kappa shape index (κ1) is 21.4. The van der Waals surface area contributed by atoms with Crippen molar-refractivity contribution in [2.45, 2.75) is 6.92 Å². The number of nitrogens with one attached hydrogen (secondary N) is 2. The highest BCUT2D eigenvalue weighted by molar-refractivity contribution is 6.03. The second-order valence-corrected chi connectivity index (χ2v) is 7.15. The van der Waals surface area contributed by atoms with Crippen LogP contribution in [0.3, 0.4) is 0 Å². The van der Waals surface area contributed by atoms with Crippen molar-refractivity contribution in [3.05, 3.63) is 112 Å². The van der Waals surface area contributed by atoms with Crippen LogP contribution in [0.25, 0.3) is 16.9 Å². The fraction of sp³-hybridized carbons (Fsp3) is 0.0417. The Balaban J connectivity index is 1.61. The smallest absolute Gasteiger partial charge is 0.267 e. The molecule has 9 nitrogen and oxygen atoms in total. The van der Waals surface area contributed by atoms with Crippen LogP contribution in [0.4, 0.5) is 5.69 Å². The largest absolute Gasteiger partial charge is 0.273 e. The summed E-state index contributed by atoms with van der Waals surface area (Å²) in [6.07, 6.45) is 1.58. The molecule has 2 amide bonds. The van der Waals surface area contributed by atoms with E-state index < -0.39 is 16.7 Å². The summed E-state index contributed by atoms with van der Waals surface area (Å²) < 4.78 is 1.59. The molecule has 0 atom stereocenters. The van der Waals surface area contributed by atoms with Gasteiger partial charge in [0.1, 0.15) is 5.69 Å². The molecule has 0 fully saturated rings. The third-order valence-electron chi connectivity index (χ3n) is 5.06. The third kappa shape index (κ3) is 4.47. The maximum atomic E-state index is 13.0. The van der Waals surface area contributed by atoms with E-state index in [1.165, 1.54) is 25.1 Å². The summed E-state index contributed by atoms with van der Waals surface area (Å²) in [4.78, 5) is 36.2. The highest BCUT2D eigenvalue weighted by atomic mass is 16.6. The van der Waals surface area contributed by atoms with Gasteiger partial charge in [0.05, 0.1) is 21.7 Å². The lowest BCUT2D eigenvalue weighted by Gasteiger charge is -2.09. The molecule has 4 aromatic rings. The highest BCUT2D eigenvalue weighted by Crippen LogP contribution is 2.24. The van der Waals surface area contributed by atoms with Gasteiger partial charge in [0.15, 0.2) is 0 Å². The molecule has 0 unspecified atom stereocenters. The predicted molar refractivity (Wildman–Crippen MR) is 122 cm³/mol. The average Bonchev–Trinajstić information content (AvgIpc) is 3.29. The third-order valence-corrected chi connectivity index (χ3v) is 5.06. The molecular formula is C24H19N5O4. The van der Waals surface area contributed by atoms with Gasteiger partial charge < -0.3 is 0 Å². The Labute approximate surface area is 188 Å². The summed E-state index contributed by atoms with van der Waals surface area (Å²) in [6, 6.07) is 22.7. The molecule has 1 heterocycles. The number of aromatic nitrogens is 2. The molecule has 164 valence electrons. The van der Waals surface area contributed by atoms with Gasteiger partial charge >= 0.3 is 0 Å². The van der Waals surface area contributed by atoms with E-state index in [0.29, 0.717) is 5.69 Å². The van der Waals surface area contributed by atoms with Gasteiger partial charge in [-0.25, -0.2) is 4.68 Å². The Morgan fingerprint density at radius 2 is 1.45 bits per heavy atom. The Morgan fingerprint density at radius 3 is 2.09 bits per heavy atom. The van der Waals surface area contributed by atoms with Crippen LogP contribution in [-0.4, -0.2) is 26.5 Å². The van der Waals surface area contributed by atoms with Crippen LogP contribution in [0.15, 0.2) is 85.1 Å². The molecular weight excluding hydrogens is 422 g/mol. The van der Waals surface area contributed by atoms with Crippen LogP contribution in [0.5, 0.6) is 0 Å². The molecule has 3 aromatic carbocycles. The van der Waals surface area contributed by atoms with Crippen LogP contribution in [-0.2, 0) is 0 Å². The number of rotatable bonds is 5. The Kier molecular flexibility index (Phi) is 5.94. The number of hydrogen-bond donors (Lipinski definition) is 2. The molecule has 0 spiro atoms. The molecule has 0 radical (unpaired) electrons. The lowest BCUT2D eigenvalue weighted by atomic mass is 10.1. The fourth-order valence-electron chi connectivity index (χ4n) is 3.38. The summed E-state index contributed by atoms with van der Waals surface area (Å²) in [5, 5.41) is 15.7. The van der Waals surface area contributed by atoms with Gasteiger partial charge in [-0.15, -0.1) is 0 Å². The normalized spacial score (nSPS) is 10.5. The monoisotopic (exact) mass is 441 g/mol. The van der Waals surface area contributed by atoms with Crippen molar-refractivity contribution in [2.24, 2.45) is 0 Å². The van der Waals surface area contributed by atoms with Crippen LogP contribution >= 0.6 is 0 Å². The first-order chi connectivity index (χ1) is 16.0. The lowest BCUT2D eigenvalue weighted by Crippen LogP contribution is -2.42. The number of amides is 2. The van der Waals surface area contributed by atoms with Crippen LogP contribution in [0.1, 0.15) is 26.3 Å². The van der Waals surface area contributed by atoms with E-state index in [-0.39, 0.29) is 22.4 Å². The molecule has 33 heavy (non-hydrogen) atoms. The van der Waals surface area contributed by atoms with E-state index in [9.17, 15) is 19.7 Å². The molecule has 0 saturated heterocycles. The predicted octanol–water partition coefficient (Wildman–Crippen LogP) is 3.83. The minimum Gasteiger partial charge on any atom is -0.267 e. The summed E-state index contributed by atoms with van der Waals surface area (Å²) >= 11 is 0. The van der Waals surface area contributed by atoms with Crippen molar-refractivity contribution in [3.8, 4) is 16.9 Å². The molecule has 4 rings (SSSR count). The van der Waals surface area contributed by atoms with Crippen molar-refractivity contribution in [1.82, 2.24) is 20.6 Å². The molecule has 0 saturated carbocycles. The summed E-state index contributed by atoms with van der Waals surface area (Å²) in [5.41, 5.74) is 7.04. The second kappa shape index (κ2) is 9.15. The molecule has 0 aliphatic heterocycles. The highest BCUT2D eigenvalue weighted by Gasteiger charge is 2.21. The number of nitro groups is 1. The zero-order valence-electron chi connectivity index (χ0n) is 17.6. The standard InChI is InChI=1S/C24H19N5O4/c1-16-19(13-8-14-21(16)29(32)33)23(30)25-26-24(31)20-15-28(18-11-6-3-7-12-18)27-22(20)17-9-4-2-5-10-17/h2-15H,1H3,(H,25,30)(H,26,31). The summed E-state index contributed by atoms with van der Waals surface area (Å²) in [5.74, 6) is -1.24. The van der Waals surface area contributed by atoms with Gasteiger partial charge in [-0.3, -0.25) is 30.6 Å². The van der Waals surface area contributed by atoms with Crippen molar-refractivity contribution in [2.75, 3.05) is 0 Å². The molecule has 0 bridgehead atoms. The first-order valence-corrected chi connectivity index (χ1v) is 10.0. The van der Waals surface area contributed by atoms with Gasteiger partial charge in [0.25, 0.3) is 17.5 Å². The van der Waals surface area contributed by atoms with Crippen molar-refractivity contribution < 1.29 is 14.5 Å². The number of para-hydroxylation sites is 1. The lowest BCUT2D eigenvalue weighted by molar-refractivity contribution is -0.385. The molecule has 0 aliphatic rings. The molecule has 9 heteroatoms. The maximum Gasteiger partial charge on any atom is 0.273 e. The number of nitrogens with zero attached hydrogens (tertiary/aromatic N) is 3. The van der Waals surface area contributed by atoms with E-state index in [0.717, 1.165) is 11.3 Å². The van der Waals surface area contributed by atoms with Gasteiger partial charge in [-0.2, -0.15) is 5.10 Å². The SMILES string of the molecule is Cc1c(C(=O)NNC(=O)c2cn(-c3ccccc3)nc2-c2ccccc2)cccc1[N+](=O)[O-]. The zero-order chi connectivity index (χ0) is 23.4. The van der Waals surface area contributed by atoms with Gasteiger partial charge in [0, 0.05) is 23.4 Å². The summed E-state index contributed by atoms with van der Waals surface area (Å²) in [6.45, 7) is 1.48. The molecule has 1 aromatic heterocycles. The number of nitro benzene ring substituents is 1. The number of carbonyl (C=O) groups excluding carboxylic acids is 2. The van der Waals surface area contributed by atoms with Gasteiger partial charge in [-0.05, 0) is 25.1 Å². The Bertz CT molecular complexity index is 1330. The zero-order valence-corrected chi connectivity index (χ0v) is 17.6. The van der Waals surface area contributed by atoms with E-state index in [2.05, 4.69) is 16.0 Å². The first-order valence-electron chi connectivity index (χ1n) is 10.0. The summed E-state index contributed by atoms with van der Waals surface area (Å²) in [7, 11) is 0. The number of hydrazine groups is 1. The van der Waals surface area contributed by atoms with Crippen molar-refractivity contribution in [3.63, 3.8) is 0 Å². The molecule has 2 N–H and O–H groups in total. The minimum atomic E-state index is -0.665. The number of benzene rings is 3. The second-order valence-electron chi connectivity index (χ2n) is 7.15. The maximum absolute atomic E-state index is 13.0. The molecule has 0 aliphatic carbocycles. The number of carbonyl (C=O) groups is 2. The van der Waals surface area contributed by atoms with Crippen LogP contribution < -0.4 is 10.9 Å². The van der Waals surface area contributed by atoms with Gasteiger partial charge in [-0.1, -0.05) is 54.6 Å². The van der Waals surface area contributed by atoms with E-state index in [1.54, 1.807) is 10.9 Å². The van der Waals surface area contributed by atoms with Gasteiger partial charge in [0.2, 0.25) is 0 Å². The quantitative estimate of drug-likeness (QED) is 0.360. The van der Waals surface area contributed by atoms with E-state index in [1.807, 2.05) is 60.7 Å².